The zero-order chi connectivity index (χ0) is 13.8. The van der Waals surface area contributed by atoms with Crippen molar-refractivity contribution in [3.63, 3.8) is 0 Å². The van der Waals surface area contributed by atoms with E-state index >= 15 is 0 Å². The molecule has 1 heterocycles. The van der Waals surface area contributed by atoms with E-state index < -0.39 is 11.5 Å². The van der Waals surface area contributed by atoms with Crippen molar-refractivity contribution >= 4 is 11.6 Å². The van der Waals surface area contributed by atoms with Crippen LogP contribution in [0.25, 0.3) is 0 Å². The summed E-state index contributed by atoms with van der Waals surface area (Å²) in [5.41, 5.74) is 6.05. The Bertz CT molecular complexity index is 410. The molecule has 0 amide bonds. The molecule has 0 aliphatic rings. The molecular formula is C13H21N3O2. The Hall–Kier alpha value is -1.49. The van der Waals surface area contributed by atoms with Gasteiger partial charge in [0.15, 0.2) is 5.78 Å². The molecule has 18 heavy (non-hydrogen) atoms. The van der Waals surface area contributed by atoms with E-state index in [1.807, 2.05) is 0 Å². The van der Waals surface area contributed by atoms with Crippen molar-refractivity contribution in [2.45, 2.75) is 46.1 Å². The third kappa shape index (κ3) is 3.77. The van der Waals surface area contributed by atoms with Crippen LogP contribution in [-0.2, 0) is 16.0 Å². The third-order valence-electron chi connectivity index (χ3n) is 3.10. The maximum Gasteiger partial charge on any atom is 0.150 e. The summed E-state index contributed by atoms with van der Waals surface area (Å²) in [5.74, 6) is 0.000917. The first-order chi connectivity index (χ1) is 8.36. The van der Waals surface area contributed by atoms with Gasteiger partial charge in [0, 0.05) is 36.6 Å². The average molecular weight is 251 g/mol. The Labute approximate surface area is 107 Å². The van der Waals surface area contributed by atoms with Crippen molar-refractivity contribution in [3.8, 4) is 0 Å². The van der Waals surface area contributed by atoms with Gasteiger partial charge < -0.3 is 10.7 Å². The number of nitrogens with zero attached hydrogens (tertiary/aromatic N) is 1. The van der Waals surface area contributed by atoms with Gasteiger partial charge in [-0.15, -0.1) is 0 Å². The second kappa shape index (κ2) is 5.91. The quantitative estimate of drug-likeness (QED) is 0.763. The van der Waals surface area contributed by atoms with Gasteiger partial charge in [-0.3, -0.25) is 9.59 Å². The standard InChI is InChI=1S/C13H21N3O2/c1-4-12(18)13(2,3)6-11(17)10(14)5-9-7-15-8-16-9/h7-8,10H,4-6,14H2,1-3H3,(H,15,16)/t10-/m0/s1. The molecule has 0 saturated heterocycles. The van der Waals surface area contributed by atoms with Crippen molar-refractivity contribution in [2.24, 2.45) is 11.1 Å². The number of nitrogens with two attached hydrogens (primary N) is 1. The molecule has 0 bridgehead atoms. The summed E-state index contributed by atoms with van der Waals surface area (Å²) in [7, 11) is 0. The van der Waals surface area contributed by atoms with Crippen LogP contribution in [0, 0.1) is 5.41 Å². The van der Waals surface area contributed by atoms with E-state index in [1.165, 1.54) is 0 Å². The van der Waals surface area contributed by atoms with Gasteiger partial charge in [0.2, 0.25) is 0 Å². The number of aromatic amines is 1. The lowest BCUT2D eigenvalue weighted by molar-refractivity contribution is -0.132. The fourth-order valence-electron chi connectivity index (χ4n) is 1.89. The number of hydrogen-bond donors (Lipinski definition) is 2. The maximum atomic E-state index is 12.0. The van der Waals surface area contributed by atoms with E-state index in [4.69, 9.17) is 5.73 Å². The third-order valence-corrected chi connectivity index (χ3v) is 3.10. The van der Waals surface area contributed by atoms with Crippen LogP contribution in [0.2, 0.25) is 0 Å². The van der Waals surface area contributed by atoms with Crippen molar-refractivity contribution in [1.82, 2.24) is 9.97 Å². The Morgan fingerprint density at radius 2 is 2.17 bits per heavy atom. The normalized spacial score (nSPS) is 13.3. The summed E-state index contributed by atoms with van der Waals surface area (Å²) < 4.78 is 0. The monoisotopic (exact) mass is 251 g/mol. The van der Waals surface area contributed by atoms with E-state index in [9.17, 15) is 9.59 Å². The molecule has 0 fully saturated rings. The van der Waals surface area contributed by atoms with Gasteiger partial charge in [0.05, 0.1) is 12.4 Å². The van der Waals surface area contributed by atoms with Crippen LogP contribution in [0.3, 0.4) is 0 Å². The Balaban J connectivity index is 2.57. The number of hydrogen-bond acceptors (Lipinski definition) is 4. The lowest BCUT2D eigenvalue weighted by Crippen LogP contribution is -2.37. The van der Waals surface area contributed by atoms with Gasteiger partial charge in [0.25, 0.3) is 0 Å². The second-order valence-electron chi connectivity index (χ2n) is 5.19. The predicted octanol–water partition coefficient (Wildman–Crippen LogP) is 1.24. The van der Waals surface area contributed by atoms with Crippen LogP contribution in [0.4, 0.5) is 0 Å². The number of nitrogens with one attached hydrogen (secondary N) is 1. The molecule has 0 aliphatic carbocycles. The fourth-order valence-corrected chi connectivity index (χ4v) is 1.89. The minimum absolute atomic E-state index is 0.0867. The number of imidazole rings is 1. The molecular weight excluding hydrogens is 230 g/mol. The topological polar surface area (TPSA) is 88.8 Å². The Morgan fingerprint density at radius 3 is 2.67 bits per heavy atom. The minimum atomic E-state index is -0.628. The molecule has 0 aromatic carbocycles. The largest absolute Gasteiger partial charge is 0.348 e. The number of carbonyl (C=O) groups is 2. The Morgan fingerprint density at radius 1 is 1.50 bits per heavy atom. The lowest BCUT2D eigenvalue weighted by Gasteiger charge is -2.23. The van der Waals surface area contributed by atoms with Gasteiger partial charge in [-0.1, -0.05) is 20.8 Å². The van der Waals surface area contributed by atoms with Gasteiger partial charge in [0.1, 0.15) is 5.78 Å². The highest BCUT2D eigenvalue weighted by molar-refractivity contribution is 5.92. The van der Waals surface area contributed by atoms with Crippen molar-refractivity contribution in [2.75, 3.05) is 0 Å². The van der Waals surface area contributed by atoms with Crippen molar-refractivity contribution in [3.05, 3.63) is 18.2 Å². The van der Waals surface area contributed by atoms with Gasteiger partial charge in [-0.25, -0.2) is 4.98 Å². The molecule has 5 nitrogen and oxygen atoms in total. The van der Waals surface area contributed by atoms with E-state index in [1.54, 1.807) is 33.3 Å². The van der Waals surface area contributed by atoms with E-state index in [0.717, 1.165) is 5.69 Å². The molecule has 0 unspecified atom stereocenters. The maximum absolute atomic E-state index is 12.0. The van der Waals surface area contributed by atoms with Crippen LogP contribution >= 0.6 is 0 Å². The molecule has 3 N–H and O–H groups in total. The summed E-state index contributed by atoms with van der Waals surface area (Å²) in [5, 5.41) is 0. The number of aromatic nitrogens is 2. The highest BCUT2D eigenvalue weighted by Gasteiger charge is 2.30. The summed E-state index contributed by atoms with van der Waals surface area (Å²) in [6, 6.07) is -0.589. The number of carbonyl (C=O) groups excluding carboxylic acids is 2. The first-order valence-corrected chi connectivity index (χ1v) is 6.15. The average Bonchev–Trinajstić information content (AvgIpc) is 2.79. The number of rotatable bonds is 7. The molecule has 1 aromatic rings. The minimum Gasteiger partial charge on any atom is -0.348 e. The molecule has 1 aromatic heterocycles. The summed E-state index contributed by atoms with van der Waals surface area (Å²) >= 11 is 0. The zero-order valence-corrected chi connectivity index (χ0v) is 11.2. The first-order valence-electron chi connectivity index (χ1n) is 6.15. The highest BCUT2D eigenvalue weighted by atomic mass is 16.1. The summed E-state index contributed by atoms with van der Waals surface area (Å²) in [6.45, 7) is 5.39. The van der Waals surface area contributed by atoms with E-state index in [2.05, 4.69) is 9.97 Å². The molecule has 1 atom stereocenters. The molecule has 1 rings (SSSR count). The van der Waals surface area contributed by atoms with Crippen LogP contribution in [0.5, 0.6) is 0 Å². The van der Waals surface area contributed by atoms with E-state index in [0.29, 0.717) is 12.8 Å². The molecule has 0 aliphatic heterocycles. The second-order valence-corrected chi connectivity index (χ2v) is 5.19. The number of ketones is 2. The van der Waals surface area contributed by atoms with Crippen LogP contribution < -0.4 is 5.73 Å². The predicted molar refractivity (Wildman–Crippen MR) is 69.0 cm³/mol. The number of H-pyrrole nitrogens is 1. The molecule has 0 spiro atoms. The number of Topliss-reactive ketones (excluding diaryl/α,β-unsaturated/α-hetero) is 2. The molecule has 0 saturated carbocycles. The summed E-state index contributed by atoms with van der Waals surface area (Å²) in [6.07, 6.45) is 4.26. The lowest BCUT2D eigenvalue weighted by atomic mass is 9.80. The van der Waals surface area contributed by atoms with Gasteiger partial charge in [-0.2, -0.15) is 0 Å². The van der Waals surface area contributed by atoms with E-state index in [-0.39, 0.29) is 18.0 Å². The molecule has 100 valence electrons. The van der Waals surface area contributed by atoms with Crippen molar-refractivity contribution in [1.29, 1.82) is 0 Å². The van der Waals surface area contributed by atoms with Crippen LogP contribution in [0.15, 0.2) is 12.5 Å². The first kappa shape index (κ1) is 14.6. The van der Waals surface area contributed by atoms with Gasteiger partial charge >= 0.3 is 0 Å². The SMILES string of the molecule is CCC(=O)C(C)(C)CC(=O)[C@@H](N)Cc1cnc[nH]1. The zero-order valence-electron chi connectivity index (χ0n) is 11.2. The highest BCUT2D eigenvalue weighted by Crippen LogP contribution is 2.24. The van der Waals surface area contributed by atoms with Crippen molar-refractivity contribution < 1.29 is 9.59 Å². The Kier molecular flexibility index (Phi) is 4.78. The summed E-state index contributed by atoms with van der Waals surface area (Å²) in [4.78, 5) is 30.5. The molecule has 5 heteroatoms. The fraction of sp³-hybridized carbons (Fsp3) is 0.615. The smallest absolute Gasteiger partial charge is 0.150 e. The van der Waals surface area contributed by atoms with Crippen LogP contribution in [-0.4, -0.2) is 27.6 Å². The van der Waals surface area contributed by atoms with Gasteiger partial charge in [-0.05, 0) is 0 Å². The molecule has 0 radical (unpaired) electrons. The van der Waals surface area contributed by atoms with Crippen LogP contribution in [0.1, 0.15) is 39.3 Å².